The molecule has 0 aromatic carbocycles. The fraction of sp³-hybridized carbons (Fsp3) is 0.917. The summed E-state index contributed by atoms with van der Waals surface area (Å²) < 4.78 is 5.21. The fourth-order valence-electron chi connectivity index (χ4n) is 1.26. The third-order valence-corrected chi connectivity index (χ3v) is 2.48. The predicted octanol–water partition coefficient (Wildman–Crippen LogP) is 3.40. The quantitative estimate of drug-likeness (QED) is 0.589. The molecule has 1 unspecified atom stereocenters. The first kappa shape index (κ1) is 13.5. The number of esters is 1. The van der Waals surface area contributed by atoms with Crippen LogP contribution in [-0.4, -0.2) is 12.6 Å². The van der Waals surface area contributed by atoms with Crippen LogP contribution in [0.5, 0.6) is 0 Å². The Morgan fingerprint density at radius 1 is 1.29 bits per heavy atom. The summed E-state index contributed by atoms with van der Waals surface area (Å²) in [7, 11) is 0. The molecule has 0 amide bonds. The van der Waals surface area contributed by atoms with E-state index in [1.807, 2.05) is 13.8 Å². The van der Waals surface area contributed by atoms with Gasteiger partial charge in [-0.05, 0) is 12.3 Å². The number of rotatable bonds is 7. The van der Waals surface area contributed by atoms with Crippen LogP contribution >= 0.6 is 0 Å². The van der Waals surface area contributed by atoms with Gasteiger partial charge in [0.2, 0.25) is 0 Å². The number of unbranched alkanes of at least 4 members (excludes halogenated alkanes) is 1. The van der Waals surface area contributed by atoms with E-state index in [4.69, 9.17) is 4.74 Å². The second kappa shape index (κ2) is 7.84. The van der Waals surface area contributed by atoms with Crippen molar-refractivity contribution in [3.05, 3.63) is 0 Å². The molecule has 0 aliphatic heterocycles. The van der Waals surface area contributed by atoms with Gasteiger partial charge < -0.3 is 4.74 Å². The molecule has 0 saturated carbocycles. The molecule has 2 nitrogen and oxygen atoms in total. The van der Waals surface area contributed by atoms with E-state index in [9.17, 15) is 4.79 Å². The molecule has 1 atom stereocenters. The van der Waals surface area contributed by atoms with Gasteiger partial charge in [0, 0.05) is 0 Å². The van der Waals surface area contributed by atoms with Crippen molar-refractivity contribution in [2.24, 2.45) is 11.8 Å². The van der Waals surface area contributed by atoms with Crippen LogP contribution in [0.25, 0.3) is 0 Å². The monoisotopic (exact) mass is 200 g/mol. The van der Waals surface area contributed by atoms with Crippen molar-refractivity contribution in [2.45, 2.75) is 53.4 Å². The lowest BCUT2D eigenvalue weighted by Gasteiger charge is -2.15. The van der Waals surface area contributed by atoms with Gasteiger partial charge in [0.25, 0.3) is 0 Å². The maximum Gasteiger partial charge on any atom is 0.308 e. The maximum atomic E-state index is 11.2. The van der Waals surface area contributed by atoms with Crippen LogP contribution in [0.1, 0.15) is 53.4 Å². The van der Waals surface area contributed by atoms with E-state index in [1.54, 1.807) is 0 Å². The average Bonchev–Trinajstić information content (AvgIpc) is 2.17. The molecule has 0 aromatic heterocycles. The Morgan fingerprint density at radius 3 is 2.36 bits per heavy atom. The molecule has 84 valence electrons. The van der Waals surface area contributed by atoms with Crippen LogP contribution in [0.4, 0.5) is 0 Å². The van der Waals surface area contributed by atoms with Gasteiger partial charge >= 0.3 is 5.97 Å². The highest BCUT2D eigenvalue weighted by Gasteiger charge is 2.12. The summed E-state index contributed by atoms with van der Waals surface area (Å²) in [5, 5.41) is 0. The highest BCUT2D eigenvalue weighted by atomic mass is 16.5. The molecule has 0 N–H and O–H groups in total. The lowest BCUT2D eigenvalue weighted by atomic mass is 10.0. The number of hydrogen-bond donors (Lipinski definition) is 0. The first-order valence-corrected chi connectivity index (χ1v) is 5.78. The smallest absolute Gasteiger partial charge is 0.308 e. The van der Waals surface area contributed by atoms with Crippen LogP contribution in [0.3, 0.4) is 0 Å². The Hall–Kier alpha value is -0.530. The summed E-state index contributed by atoms with van der Waals surface area (Å²) in [6.45, 7) is 8.69. The van der Waals surface area contributed by atoms with Crippen molar-refractivity contribution in [1.29, 1.82) is 0 Å². The molecule has 0 rings (SSSR count). The number of ether oxygens (including phenoxy) is 1. The van der Waals surface area contributed by atoms with E-state index in [2.05, 4.69) is 13.8 Å². The maximum absolute atomic E-state index is 11.2. The van der Waals surface area contributed by atoms with Crippen LogP contribution in [-0.2, 0) is 9.53 Å². The van der Waals surface area contributed by atoms with Gasteiger partial charge in [-0.3, -0.25) is 4.79 Å². The Labute approximate surface area is 88.0 Å². The molecule has 0 aliphatic carbocycles. The van der Waals surface area contributed by atoms with Crippen LogP contribution in [0.2, 0.25) is 0 Å². The SMILES string of the molecule is CCCCC(CC)COC(=O)C(C)C. The zero-order chi connectivity index (χ0) is 11.0. The molecule has 2 heteroatoms. The van der Waals surface area contributed by atoms with Crippen molar-refractivity contribution < 1.29 is 9.53 Å². The number of carbonyl (C=O) groups is 1. The van der Waals surface area contributed by atoms with Crippen molar-refractivity contribution in [2.75, 3.05) is 6.61 Å². The van der Waals surface area contributed by atoms with E-state index in [0.29, 0.717) is 12.5 Å². The van der Waals surface area contributed by atoms with E-state index < -0.39 is 0 Å². The second-order valence-corrected chi connectivity index (χ2v) is 4.20. The lowest BCUT2D eigenvalue weighted by Crippen LogP contribution is -2.17. The summed E-state index contributed by atoms with van der Waals surface area (Å²) in [5.74, 6) is 0.483. The topological polar surface area (TPSA) is 26.3 Å². The minimum atomic E-state index is -0.0695. The van der Waals surface area contributed by atoms with E-state index >= 15 is 0 Å². The van der Waals surface area contributed by atoms with Gasteiger partial charge in [-0.2, -0.15) is 0 Å². The number of hydrogen-bond acceptors (Lipinski definition) is 2. The average molecular weight is 200 g/mol. The third-order valence-electron chi connectivity index (χ3n) is 2.48. The molecule has 0 spiro atoms. The molecule has 0 heterocycles. The Morgan fingerprint density at radius 2 is 1.93 bits per heavy atom. The van der Waals surface area contributed by atoms with Gasteiger partial charge in [-0.25, -0.2) is 0 Å². The van der Waals surface area contributed by atoms with Crippen LogP contribution in [0, 0.1) is 11.8 Å². The predicted molar refractivity (Wildman–Crippen MR) is 59.1 cm³/mol. The van der Waals surface area contributed by atoms with Crippen LogP contribution in [0.15, 0.2) is 0 Å². The summed E-state index contributed by atoms with van der Waals surface area (Å²) in [5.41, 5.74) is 0. The molecule has 0 saturated heterocycles. The second-order valence-electron chi connectivity index (χ2n) is 4.20. The summed E-state index contributed by atoms with van der Waals surface area (Å²) >= 11 is 0. The third kappa shape index (κ3) is 6.01. The normalized spacial score (nSPS) is 12.9. The standard InChI is InChI=1S/C12H24O2/c1-5-7-8-11(6-2)9-14-12(13)10(3)4/h10-11H,5-9H2,1-4H3. The van der Waals surface area contributed by atoms with E-state index in [0.717, 1.165) is 6.42 Å². The Balaban J connectivity index is 3.66. The molecule has 0 aromatic rings. The minimum Gasteiger partial charge on any atom is -0.465 e. The zero-order valence-electron chi connectivity index (χ0n) is 10.0. The summed E-state index contributed by atoms with van der Waals surface area (Å²) in [6.07, 6.45) is 4.73. The van der Waals surface area contributed by atoms with Crippen molar-refractivity contribution in [3.63, 3.8) is 0 Å². The van der Waals surface area contributed by atoms with Crippen molar-refractivity contribution in [3.8, 4) is 0 Å². The largest absolute Gasteiger partial charge is 0.465 e. The molecule has 14 heavy (non-hydrogen) atoms. The van der Waals surface area contributed by atoms with Crippen molar-refractivity contribution in [1.82, 2.24) is 0 Å². The van der Waals surface area contributed by atoms with E-state index in [-0.39, 0.29) is 11.9 Å². The molecular weight excluding hydrogens is 176 g/mol. The summed E-state index contributed by atoms with van der Waals surface area (Å²) in [6, 6.07) is 0. The minimum absolute atomic E-state index is 0.00122. The van der Waals surface area contributed by atoms with Gasteiger partial charge in [0.05, 0.1) is 12.5 Å². The van der Waals surface area contributed by atoms with Crippen molar-refractivity contribution >= 4 is 5.97 Å². The number of carbonyl (C=O) groups excluding carboxylic acids is 1. The Bertz CT molecular complexity index is 152. The first-order chi connectivity index (χ1) is 6.61. The van der Waals surface area contributed by atoms with E-state index in [1.165, 1.54) is 19.3 Å². The highest BCUT2D eigenvalue weighted by Crippen LogP contribution is 2.13. The highest BCUT2D eigenvalue weighted by molar-refractivity contribution is 5.71. The molecule has 0 aliphatic rings. The molecule has 0 fully saturated rings. The molecule has 0 bridgehead atoms. The molecule has 0 radical (unpaired) electrons. The van der Waals surface area contributed by atoms with Gasteiger partial charge in [0.15, 0.2) is 0 Å². The van der Waals surface area contributed by atoms with Gasteiger partial charge in [0.1, 0.15) is 0 Å². The lowest BCUT2D eigenvalue weighted by molar-refractivity contribution is -0.148. The Kier molecular flexibility index (Phi) is 7.54. The molecular formula is C12H24O2. The summed E-state index contributed by atoms with van der Waals surface area (Å²) in [4.78, 5) is 11.2. The fourth-order valence-corrected chi connectivity index (χ4v) is 1.26. The first-order valence-electron chi connectivity index (χ1n) is 5.78. The van der Waals surface area contributed by atoms with Gasteiger partial charge in [-0.15, -0.1) is 0 Å². The zero-order valence-corrected chi connectivity index (χ0v) is 10.0. The van der Waals surface area contributed by atoms with Crippen LogP contribution < -0.4 is 0 Å². The van der Waals surface area contributed by atoms with Gasteiger partial charge in [-0.1, -0.05) is 47.0 Å².